The molecule has 4 nitrogen and oxygen atoms in total. The average Bonchev–Trinajstić information content (AvgIpc) is 2.53. The van der Waals surface area contributed by atoms with E-state index in [9.17, 15) is 0 Å². The first-order valence-electron chi connectivity index (χ1n) is 7.25. The molecule has 0 bridgehead atoms. The molecule has 0 saturated heterocycles. The molecule has 2 aromatic carbocycles. The highest BCUT2D eigenvalue weighted by molar-refractivity contribution is 5.50. The summed E-state index contributed by atoms with van der Waals surface area (Å²) in [5.74, 6) is 1.11. The zero-order chi connectivity index (χ0) is 17.0. The molecule has 0 unspecified atom stereocenters. The molecule has 0 atom stereocenters. The maximum Gasteiger partial charge on any atom is 0.292 e. The van der Waals surface area contributed by atoms with E-state index in [1.807, 2.05) is 38.1 Å². The number of nitriles is 2. The van der Waals surface area contributed by atoms with Gasteiger partial charge in [-0.1, -0.05) is 32.0 Å². The van der Waals surface area contributed by atoms with Crippen molar-refractivity contribution in [2.24, 2.45) is 0 Å². The molecular weight excluding hydrogens is 288 g/mol. The molecule has 0 spiro atoms. The molecule has 0 aromatic heterocycles. The van der Waals surface area contributed by atoms with E-state index in [0.717, 1.165) is 22.3 Å². The first-order chi connectivity index (χ1) is 10.9. The van der Waals surface area contributed by atoms with Gasteiger partial charge in [0.1, 0.15) is 11.5 Å². The van der Waals surface area contributed by atoms with Crippen molar-refractivity contribution in [2.45, 2.75) is 33.1 Å². The lowest BCUT2D eigenvalue weighted by Crippen LogP contribution is -2.20. The maximum atomic E-state index is 8.70. The number of rotatable bonds is 4. The zero-order valence-electron chi connectivity index (χ0n) is 13.7. The molecule has 0 aliphatic heterocycles. The summed E-state index contributed by atoms with van der Waals surface area (Å²) in [7, 11) is 0. The normalized spacial score (nSPS) is 10.5. The van der Waals surface area contributed by atoms with Gasteiger partial charge in [0, 0.05) is 5.41 Å². The molecular formula is C19H18N2O2. The minimum Gasteiger partial charge on any atom is -0.388 e. The monoisotopic (exact) mass is 306 g/mol. The maximum absolute atomic E-state index is 8.70. The molecule has 116 valence electrons. The van der Waals surface area contributed by atoms with Crippen LogP contribution in [0.1, 0.15) is 36.1 Å². The molecule has 0 saturated carbocycles. The fourth-order valence-corrected chi connectivity index (χ4v) is 2.78. The summed E-state index contributed by atoms with van der Waals surface area (Å²) < 4.78 is 9.81. The van der Waals surface area contributed by atoms with Crippen molar-refractivity contribution in [3.8, 4) is 24.0 Å². The summed E-state index contributed by atoms with van der Waals surface area (Å²) >= 11 is 0. The predicted octanol–water partition coefficient (Wildman–Crippen LogP) is 4.35. The quantitative estimate of drug-likeness (QED) is 0.788. The van der Waals surface area contributed by atoms with Gasteiger partial charge in [-0.15, -0.1) is 10.5 Å². The zero-order valence-corrected chi connectivity index (χ0v) is 13.7. The summed E-state index contributed by atoms with van der Waals surface area (Å²) in [6.45, 7) is 8.26. The number of benzene rings is 2. The molecule has 4 heteroatoms. The highest BCUT2D eigenvalue weighted by Crippen LogP contribution is 2.37. The summed E-state index contributed by atoms with van der Waals surface area (Å²) in [5, 5.41) is 17.3. The van der Waals surface area contributed by atoms with E-state index < -0.39 is 0 Å². The fourth-order valence-electron chi connectivity index (χ4n) is 2.78. The molecule has 2 aromatic rings. The van der Waals surface area contributed by atoms with Crippen LogP contribution in [0.3, 0.4) is 0 Å². The van der Waals surface area contributed by atoms with E-state index >= 15 is 0 Å². The molecule has 0 radical (unpaired) electrons. The summed E-state index contributed by atoms with van der Waals surface area (Å²) in [6, 6.07) is 11.3. The van der Waals surface area contributed by atoms with Gasteiger partial charge in [0.15, 0.2) is 0 Å². The Bertz CT molecular complexity index is 794. The lowest BCUT2D eigenvalue weighted by Gasteiger charge is -2.29. The van der Waals surface area contributed by atoms with Gasteiger partial charge in [-0.05, 0) is 54.3 Å². The van der Waals surface area contributed by atoms with E-state index in [4.69, 9.17) is 20.0 Å². The lowest BCUT2D eigenvalue weighted by molar-refractivity contribution is 0.500. The van der Waals surface area contributed by atoms with Gasteiger partial charge in [0.05, 0.1) is 0 Å². The molecule has 0 heterocycles. The molecule has 0 aliphatic rings. The summed E-state index contributed by atoms with van der Waals surface area (Å²) in [4.78, 5) is 0. The van der Waals surface area contributed by atoms with Crippen molar-refractivity contribution >= 4 is 0 Å². The third kappa shape index (κ3) is 3.12. The predicted molar refractivity (Wildman–Crippen MR) is 87.0 cm³/mol. The highest BCUT2D eigenvalue weighted by atomic mass is 16.5. The van der Waals surface area contributed by atoms with Crippen molar-refractivity contribution in [3.05, 3.63) is 58.7 Å². The van der Waals surface area contributed by atoms with Crippen molar-refractivity contribution in [1.29, 1.82) is 10.5 Å². The number of ether oxygens (including phenoxy) is 2. The Morgan fingerprint density at radius 1 is 0.826 bits per heavy atom. The number of nitrogens with zero attached hydrogens (tertiary/aromatic N) is 2. The number of hydrogen-bond acceptors (Lipinski definition) is 4. The molecule has 0 aliphatic carbocycles. The largest absolute Gasteiger partial charge is 0.388 e. The Morgan fingerprint density at radius 2 is 1.43 bits per heavy atom. The standard InChI is InChI=1S/C19H18N2O2/c1-13-14(2)18(23-12-21)10-9-17(13)19(3,4)15-5-7-16(8-6-15)22-11-20/h5-10H,1-4H3. The van der Waals surface area contributed by atoms with Crippen LogP contribution in [0.25, 0.3) is 0 Å². The van der Waals surface area contributed by atoms with Crippen LogP contribution in [0.5, 0.6) is 11.5 Å². The van der Waals surface area contributed by atoms with Gasteiger partial charge in [-0.3, -0.25) is 0 Å². The van der Waals surface area contributed by atoms with Crippen LogP contribution in [0.15, 0.2) is 36.4 Å². The summed E-state index contributed by atoms with van der Waals surface area (Å²) in [5.41, 5.74) is 4.10. The van der Waals surface area contributed by atoms with Crippen LogP contribution < -0.4 is 9.47 Å². The Labute approximate surface area is 136 Å². The minimum atomic E-state index is -0.231. The third-order valence-electron chi connectivity index (χ3n) is 4.31. The van der Waals surface area contributed by atoms with E-state index in [2.05, 4.69) is 13.8 Å². The van der Waals surface area contributed by atoms with Crippen molar-refractivity contribution < 1.29 is 9.47 Å². The van der Waals surface area contributed by atoms with Crippen molar-refractivity contribution in [2.75, 3.05) is 0 Å². The Morgan fingerprint density at radius 3 is 2.00 bits per heavy atom. The van der Waals surface area contributed by atoms with Crippen molar-refractivity contribution in [3.63, 3.8) is 0 Å². The van der Waals surface area contributed by atoms with Gasteiger partial charge in [-0.2, -0.15) is 0 Å². The molecule has 23 heavy (non-hydrogen) atoms. The van der Waals surface area contributed by atoms with E-state index in [-0.39, 0.29) is 5.41 Å². The Kier molecular flexibility index (Phi) is 4.57. The molecule has 0 amide bonds. The second-order valence-corrected chi connectivity index (χ2v) is 5.90. The van der Waals surface area contributed by atoms with Gasteiger partial charge < -0.3 is 9.47 Å². The van der Waals surface area contributed by atoms with Crippen LogP contribution in [0.4, 0.5) is 0 Å². The van der Waals surface area contributed by atoms with Crippen LogP contribution in [-0.2, 0) is 5.41 Å². The van der Waals surface area contributed by atoms with E-state index in [1.54, 1.807) is 24.6 Å². The van der Waals surface area contributed by atoms with E-state index in [1.165, 1.54) is 0 Å². The van der Waals surface area contributed by atoms with E-state index in [0.29, 0.717) is 11.5 Å². The number of hydrogen-bond donors (Lipinski definition) is 0. The minimum absolute atomic E-state index is 0.231. The van der Waals surface area contributed by atoms with Crippen LogP contribution in [0.2, 0.25) is 0 Å². The molecule has 0 N–H and O–H groups in total. The third-order valence-corrected chi connectivity index (χ3v) is 4.31. The van der Waals surface area contributed by atoms with Gasteiger partial charge in [-0.25, -0.2) is 0 Å². The second kappa shape index (κ2) is 6.42. The SMILES string of the molecule is Cc1c(OC#N)ccc(C(C)(C)c2ccc(OC#N)cc2)c1C. The van der Waals surface area contributed by atoms with Gasteiger partial charge in [0.25, 0.3) is 12.5 Å². The Hall–Kier alpha value is -2.98. The van der Waals surface area contributed by atoms with Crippen molar-refractivity contribution in [1.82, 2.24) is 0 Å². The lowest BCUT2D eigenvalue weighted by atomic mass is 9.75. The fraction of sp³-hybridized carbons (Fsp3) is 0.263. The topological polar surface area (TPSA) is 66.0 Å². The highest BCUT2D eigenvalue weighted by Gasteiger charge is 2.26. The molecule has 0 fully saturated rings. The first kappa shape index (κ1) is 16.4. The van der Waals surface area contributed by atoms with Crippen LogP contribution in [0, 0.1) is 36.9 Å². The summed E-state index contributed by atoms with van der Waals surface area (Å²) in [6.07, 6.45) is 3.39. The Balaban J connectivity index is 2.45. The second-order valence-electron chi connectivity index (χ2n) is 5.90. The van der Waals surface area contributed by atoms with Gasteiger partial charge in [0.2, 0.25) is 0 Å². The van der Waals surface area contributed by atoms with Crippen LogP contribution >= 0.6 is 0 Å². The first-order valence-corrected chi connectivity index (χ1v) is 7.25. The average molecular weight is 306 g/mol. The molecule has 2 rings (SSSR count). The smallest absolute Gasteiger partial charge is 0.292 e. The van der Waals surface area contributed by atoms with Gasteiger partial charge >= 0.3 is 0 Å². The van der Waals surface area contributed by atoms with Crippen LogP contribution in [-0.4, -0.2) is 0 Å².